The molecule has 2 aliphatic heterocycles. The number of ether oxygens (including phenoxy) is 1. The molecular formula is C15H20FN3O2. The van der Waals surface area contributed by atoms with Crippen LogP contribution in [0, 0.1) is 5.82 Å². The van der Waals surface area contributed by atoms with E-state index in [1.165, 1.54) is 25.3 Å². The SMILES string of the molecule is COc1cc(C(=O)N2CC(N3CCNCC3)C2)ccc1F. The Bertz CT molecular complexity index is 526. The van der Waals surface area contributed by atoms with Crippen LogP contribution in [0.25, 0.3) is 0 Å². The van der Waals surface area contributed by atoms with E-state index in [1.54, 1.807) is 4.90 Å². The molecule has 0 aliphatic carbocycles. The van der Waals surface area contributed by atoms with Crippen molar-refractivity contribution in [2.24, 2.45) is 0 Å². The molecule has 2 heterocycles. The Balaban J connectivity index is 1.60. The summed E-state index contributed by atoms with van der Waals surface area (Å²) in [5.41, 5.74) is 0.479. The van der Waals surface area contributed by atoms with E-state index in [1.807, 2.05) is 0 Å². The summed E-state index contributed by atoms with van der Waals surface area (Å²) >= 11 is 0. The van der Waals surface area contributed by atoms with E-state index < -0.39 is 5.82 Å². The standard InChI is InChI=1S/C15H20FN3O2/c1-21-14-8-11(2-3-13(14)16)15(20)19-9-12(10-19)18-6-4-17-5-7-18/h2-3,8,12,17H,4-7,9-10H2,1H3. The lowest BCUT2D eigenvalue weighted by molar-refractivity contribution is 0.0227. The van der Waals surface area contributed by atoms with Crippen molar-refractivity contribution < 1.29 is 13.9 Å². The summed E-state index contributed by atoms with van der Waals surface area (Å²) in [6.07, 6.45) is 0. The van der Waals surface area contributed by atoms with E-state index in [2.05, 4.69) is 10.2 Å². The maximum Gasteiger partial charge on any atom is 0.254 e. The van der Waals surface area contributed by atoms with Crippen molar-refractivity contribution in [3.05, 3.63) is 29.6 Å². The molecule has 1 amide bonds. The second-order valence-corrected chi connectivity index (χ2v) is 5.50. The maximum atomic E-state index is 13.4. The molecule has 2 fully saturated rings. The van der Waals surface area contributed by atoms with Gasteiger partial charge in [0.15, 0.2) is 11.6 Å². The molecular weight excluding hydrogens is 273 g/mol. The van der Waals surface area contributed by atoms with Gasteiger partial charge < -0.3 is 15.0 Å². The Morgan fingerprint density at radius 3 is 2.71 bits per heavy atom. The highest BCUT2D eigenvalue weighted by Crippen LogP contribution is 2.22. The summed E-state index contributed by atoms with van der Waals surface area (Å²) in [6.45, 7) is 5.60. The van der Waals surface area contributed by atoms with E-state index in [-0.39, 0.29) is 11.7 Å². The molecule has 1 aromatic rings. The van der Waals surface area contributed by atoms with Gasteiger partial charge in [-0.2, -0.15) is 0 Å². The third-order valence-electron chi connectivity index (χ3n) is 4.22. The van der Waals surface area contributed by atoms with Crippen molar-refractivity contribution in [1.82, 2.24) is 15.1 Å². The van der Waals surface area contributed by atoms with Gasteiger partial charge in [-0.25, -0.2) is 4.39 Å². The first-order valence-electron chi connectivity index (χ1n) is 7.26. The number of amides is 1. The number of halogens is 1. The van der Waals surface area contributed by atoms with Crippen molar-refractivity contribution in [2.75, 3.05) is 46.4 Å². The Labute approximate surface area is 123 Å². The van der Waals surface area contributed by atoms with Crippen LogP contribution in [0.4, 0.5) is 4.39 Å². The Kier molecular flexibility index (Phi) is 4.07. The number of hydrogen-bond acceptors (Lipinski definition) is 4. The number of rotatable bonds is 3. The van der Waals surface area contributed by atoms with Crippen molar-refractivity contribution in [3.63, 3.8) is 0 Å². The van der Waals surface area contributed by atoms with Gasteiger partial charge in [0.05, 0.1) is 7.11 Å². The summed E-state index contributed by atoms with van der Waals surface area (Å²) in [4.78, 5) is 16.6. The summed E-state index contributed by atoms with van der Waals surface area (Å²) < 4.78 is 18.3. The number of methoxy groups -OCH3 is 1. The van der Waals surface area contributed by atoms with Gasteiger partial charge in [-0.3, -0.25) is 9.69 Å². The van der Waals surface area contributed by atoms with Gasteiger partial charge in [-0.1, -0.05) is 0 Å². The van der Waals surface area contributed by atoms with Crippen LogP contribution in [-0.4, -0.2) is 68.1 Å². The summed E-state index contributed by atoms with van der Waals surface area (Å²) in [6, 6.07) is 4.71. The largest absolute Gasteiger partial charge is 0.494 e. The van der Waals surface area contributed by atoms with Crippen LogP contribution >= 0.6 is 0 Å². The van der Waals surface area contributed by atoms with E-state index in [0.717, 1.165) is 39.3 Å². The zero-order valence-electron chi connectivity index (χ0n) is 12.1. The minimum absolute atomic E-state index is 0.0558. The van der Waals surface area contributed by atoms with Crippen LogP contribution in [0.3, 0.4) is 0 Å². The number of benzene rings is 1. The predicted octanol–water partition coefficient (Wildman–Crippen LogP) is 0.564. The van der Waals surface area contributed by atoms with Gasteiger partial charge in [0, 0.05) is 50.9 Å². The monoisotopic (exact) mass is 293 g/mol. The molecule has 5 nitrogen and oxygen atoms in total. The second kappa shape index (κ2) is 5.99. The first kappa shape index (κ1) is 14.3. The minimum Gasteiger partial charge on any atom is -0.494 e. The lowest BCUT2D eigenvalue weighted by atomic mass is 10.0. The normalized spacial score (nSPS) is 20.2. The first-order chi connectivity index (χ1) is 10.2. The van der Waals surface area contributed by atoms with Gasteiger partial charge in [0.1, 0.15) is 0 Å². The maximum absolute atomic E-state index is 13.4. The number of likely N-dealkylation sites (tertiary alicyclic amines) is 1. The molecule has 0 aromatic heterocycles. The third-order valence-corrected chi connectivity index (χ3v) is 4.22. The second-order valence-electron chi connectivity index (χ2n) is 5.50. The highest BCUT2D eigenvalue weighted by molar-refractivity contribution is 5.95. The molecule has 2 aliphatic rings. The number of nitrogens with zero attached hydrogens (tertiary/aromatic N) is 2. The Hall–Kier alpha value is -1.66. The van der Waals surface area contributed by atoms with E-state index in [9.17, 15) is 9.18 Å². The van der Waals surface area contributed by atoms with Gasteiger partial charge in [-0.05, 0) is 18.2 Å². The number of nitrogens with one attached hydrogen (secondary N) is 1. The molecule has 3 rings (SSSR count). The number of carbonyl (C=O) groups excluding carboxylic acids is 1. The summed E-state index contributed by atoms with van der Waals surface area (Å²) in [5.74, 6) is -0.393. The third kappa shape index (κ3) is 2.87. The molecule has 0 saturated carbocycles. The summed E-state index contributed by atoms with van der Waals surface area (Å²) in [5, 5.41) is 3.32. The molecule has 1 aromatic carbocycles. The smallest absolute Gasteiger partial charge is 0.254 e. The minimum atomic E-state index is -0.448. The number of piperazine rings is 1. The lowest BCUT2D eigenvalue weighted by Crippen LogP contribution is -2.63. The summed E-state index contributed by atoms with van der Waals surface area (Å²) in [7, 11) is 1.40. The van der Waals surface area contributed by atoms with Crippen LogP contribution in [0.2, 0.25) is 0 Å². The van der Waals surface area contributed by atoms with E-state index in [4.69, 9.17) is 4.74 Å². The van der Waals surface area contributed by atoms with Crippen molar-refractivity contribution in [2.45, 2.75) is 6.04 Å². The van der Waals surface area contributed by atoms with Crippen LogP contribution in [0.1, 0.15) is 10.4 Å². The van der Waals surface area contributed by atoms with Crippen molar-refractivity contribution in [3.8, 4) is 5.75 Å². The highest BCUT2D eigenvalue weighted by Gasteiger charge is 2.35. The van der Waals surface area contributed by atoms with Gasteiger partial charge >= 0.3 is 0 Å². The zero-order chi connectivity index (χ0) is 14.8. The Morgan fingerprint density at radius 1 is 1.33 bits per heavy atom. The molecule has 2 saturated heterocycles. The van der Waals surface area contributed by atoms with Crippen LogP contribution < -0.4 is 10.1 Å². The number of hydrogen-bond donors (Lipinski definition) is 1. The van der Waals surface area contributed by atoms with Gasteiger partial charge in [0.2, 0.25) is 0 Å². The molecule has 21 heavy (non-hydrogen) atoms. The fraction of sp³-hybridized carbons (Fsp3) is 0.533. The van der Waals surface area contributed by atoms with Crippen molar-refractivity contribution in [1.29, 1.82) is 0 Å². The molecule has 0 spiro atoms. The van der Waals surface area contributed by atoms with Crippen molar-refractivity contribution >= 4 is 5.91 Å². The topological polar surface area (TPSA) is 44.8 Å². The molecule has 1 N–H and O–H groups in total. The lowest BCUT2D eigenvalue weighted by Gasteiger charge is -2.46. The Morgan fingerprint density at radius 2 is 2.05 bits per heavy atom. The average molecular weight is 293 g/mol. The number of carbonyl (C=O) groups is 1. The molecule has 0 bridgehead atoms. The fourth-order valence-corrected chi connectivity index (χ4v) is 2.87. The van der Waals surface area contributed by atoms with E-state index in [0.29, 0.717) is 11.6 Å². The van der Waals surface area contributed by atoms with Crippen LogP contribution in [-0.2, 0) is 0 Å². The molecule has 0 atom stereocenters. The molecule has 0 unspecified atom stereocenters. The molecule has 114 valence electrons. The van der Waals surface area contributed by atoms with Gasteiger partial charge in [0.25, 0.3) is 5.91 Å². The fourth-order valence-electron chi connectivity index (χ4n) is 2.87. The average Bonchev–Trinajstić information content (AvgIpc) is 2.47. The van der Waals surface area contributed by atoms with E-state index >= 15 is 0 Å². The predicted molar refractivity (Wildman–Crippen MR) is 77.1 cm³/mol. The van der Waals surface area contributed by atoms with Crippen LogP contribution in [0.5, 0.6) is 5.75 Å². The first-order valence-corrected chi connectivity index (χ1v) is 7.26. The zero-order valence-corrected chi connectivity index (χ0v) is 12.1. The van der Waals surface area contributed by atoms with Gasteiger partial charge in [-0.15, -0.1) is 0 Å². The molecule has 6 heteroatoms. The molecule has 0 radical (unpaired) electrons. The van der Waals surface area contributed by atoms with Crippen LogP contribution in [0.15, 0.2) is 18.2 Å². The quantitative estimate of drug-likeness (QED) is 0.885. The highest BCUT2D eigenvalue weighted by atomic mass is 19.1.